The average Bonchev–Trinajstić information content (AvgIpc) is 2.83. The van der Waals surface area contributed by atoms with Crippen LogP contribution in [0.3, 0.4) is 0 Å². The molecule has 0 heterocycles. The zero-order chi connectivity index (χ0) is 14.8. The molecule has 0 spiro atoms. The molecule has 2 unspecified atom stereocenters. The molecule has 110 valence electrons. The van der Waals surface area contributed by atoms with Gasteiger partial charge in [0.1, 0.15) is 0 Å². The summed E-state index contributed by atoms with van der Waals surface area (Å²) in [6.07, 6.45) is 3.20. The Morgan fingerprint density at radius 3 is 2.90 bits per heavy atom. The fraction of sp³-hybridized carbons (Fsp3) is 0.333. The second-order valence-electron chi connectivity index (χ2n) is 5.91. The van der Waals surface area contributed by atoms with Crippen molar-refractivity contribution in [3.05, 3.63) is 64.2 Å². The average molecular weight is 301 g/mol. The molecule has 2 aromatic carbocycles. The lowest BCUT2D eigenvalue weighted by molar-refractivity contribution is 0.451. The molecule has 0 aliphatic heterocycles. The van der Waals surface area contributed by atoms with Gasteiger partial charge in [0, 0.05) is 22.8 Å². The Hall–Kier alpha value is -1.51. The van der Waals surface area contributed by atoms with Gasteiger partial charge in [0.05, 0.1) is 0 Å². The number of nitrogen functional groups attached to an aromatic ring is 1. The SMILES string of the molecule is CC(Cc1ccccc1Cl)NC1CCc2cc(N)ccc21. The number of nitrogens with two attached hydrogens (primary N) is 1. The van der Waals surface area contributed by atoms with Gasteiger partial charge >= 0.3 is 0 Å². The van der Waals surface area contributed by atoms with Gasteiger partial charge in [-0.3, -0.25) is 0 Å². The summed E-state index contributed by atoms with van der Waals surface area (Å²) in [6, 6.07) is 15.2. The number of rotatable bonds is 4. The van der Waals surface area contributed by atoms with Crippen LogP contribution in [0.4, 0.5) is 5.69 Å². The van der Waals surface area contributed by atoms with E-state index in [9.17, 15) is 0 Å². The predicted octanol–water partition coefficient (Wildman–Crippen LogP) is 4.13. The van der Waals surface area contributed by atoms with Gasteiger partial charge < -0.3 is 11.1 Å². The molecule has 1 aliphatic carbocycles. The molecule has 1 aliphatic rings. The Bertz CT molecular complexity index is 639. The van der Waals surface area contributed by atoms with Crippen LogP contribution in [0.25, 0.3) is 0 Å². The highest BCUT2D eigenvalue weighted by Gasteiger charge is 2.23. The number of fused-ring (bicyclic) bond motifs is 1. The van der Waals surface area contributed by atoms with Crippen LogP contribution >= 0.6 is 11.6 Å². The van der Waals surface area contributed by atoms with E-state index in [4.69, 9.17) is 17.3 Å². The molecule has 3 heteroatoms. The highest BCUT2D eigenvalue weighted by atomic mass is 35.5. The summed E-state index contributed by atoms with van der Waals surface area (Å²) in [4.78, 5) is 0. The van der Waals surface area contributed by atoms with E-state index in [0.29, 0.717) is 12.1 Å². The minimum absolute atomic E-state index is 0.387. The fourth-order valence-corrected chi connectivity index (χ4v) is 3.42. The van der Waals surface area contributed by atoms with Crippen molar-refractivity contribution < 1.29 is 0 Å². The fourth-order valence-electron chi connectivity index (χ4n) is 3.21. The summed E-state index contributed by atoms with van der Waals surface area (Å²) in [6.45, 7) is 2.22. The Morgan fingerprint density at radius 2 is 2.10 bits per heavy atom. The van der Waals surface area contributed by atoms with Crippen LogP contribution in [-0.2, 0) is 12.8 Å². The molecule has 2 atom stereocenters. The third-order valence-corrected chi connectivity index (χ3v) is 4.58. The first kappa shape index (κ1) is 14.4. The second kappa shape index (κ2) is 6.08. The molecule has 0 aromatic heterocycles. The highest BCUT2D eigenvalue weighted by molar-refractivity contribution is 6.31. The van der Waals surface area contributed by atoms with Crippen molar-refractivity contribution in [2.75, 3.05) is 5.73 Å². The van der Waals surface area contributed by atoms with Crippen molar-refractivity contribution in [1.82, 2.24) is 5.32 Å². The van der Waals surface area contributed by atoms with Crippen LogP contribution < -0.4 is 11.1 Å². The van der Waals surface area contributed by atoms with Gasteiger partial charge in [0.15, 0.2) is 0 Å². The zero-order valence-corrected chi connectivity index (χ0v) is 13.0. The minimum Gasteiger partial charge on any atom is -0.399 e. The molecule has 0 amide bonds. The molecule has 0 fully saturated rings. The third-order valence-electron chi connectivity index (χ3n) is 4.21. The Labute approximate surface area is 131 Å². The van der Waals surface area contributed by atoms with E-state index in [0.717, 1.165) is 30.0 Å². The summed E-state index contributed by atoms with van der Waals surface area (Å²) >= 11 is 6.24. The molecular formula is C18H21ClN2. The second-order valence-corrected chi connectivity index (χ2v) is 6.32. The van der Waals surface area contributed by atoms with Gasteiger partial charge in [-0.25, -0.2) is 0 Å². The maximum Gasteiger partial charge on any atom is 0.0438 e. The molecule has 2 aromatic rings. The Morgan fingerprint density at radius 1 is 1.29 bits per heavy atom. The molecule has 0 radical (unpaired) electrons. The van der Waals surface area contributed by atoms with Gasteiger partial charge in [-0.15, -0.1) is 0 Å². The lowest BCUT2D eigenvalue weighted by atomic mass is 10.0. The molecule has 3 rings (SSSR count). The lowest BCUT2D eigenvalue weighted by Crippen LogP contribution is -2.31. The first-order valence-electron chi connectivity index (χ1n) is 7.51. The molecule has 21 heavy (non-hydrogen) atoms. The Balaban J connectivity index is 1.67. The summed E-state index contributed by atoms with van der Waals surface area (Å²) < 4.78 is 0. The van der Waals surface area contributed by atoms with Crippen molar-refractivity contribution in [1.29, 1.82) is 0 Å². The van der Waals surface area contributed by atoms with Crippen LogP contribution in [-0.4, -0.2) is 6.04 Å². The van der Waals surface area contributed by atoms with Crippen molar-refractivity contribution in [3.8, 4) is 0 Å². The third kappa shape index (κ3) is 3.22. The summed E-state index contributed by atoms with van der Waals surface area (Å²) in [7, 11) is 0. The summed E-state index contributed by atoms with van der Waals surface area (Å²) in [5.41, 5.74) is 10.7. The lowest BCUT2D eigenvalue weighted by Gasteiger charge is -2.21. The van der Waals surface area contributed by atoms with Gasteiger partial charge in [-0.1, -0.05) is 35.9 Å². The molecular weight excluding hydrogens is 280 g/mol. The monoisotopic (exact) mass is 300 g/mol. The van der Waals surface area contributed by atoms with Gasteiger partial charge in [-0.05, 0) is 61.1 Å². The highest BCUT2D eigenvalue weighted by Crippen LogP contribution is 2.33. The van der Waals surface area contributed by atoms with Crippen LogP contribution in [0, 0.1) is 0 Å². The maximum absolute atomic E-state index is 6.24. The zero-order valence-electron chi connectivity index (χ0n) is 12.3. The number of hydrogen-bond acceptors (Lipinski definition) is 2. The standard InChI is InChI=1S/C18H21ClN2/c1-12(10-14-4-2-3-5-17(14)19)21-18-9-6-13-11-15(20)7-8-16(13)18/h2-5,7-8,11-12,18,21H,6,9-10,20H2,1H3. The van der Waals surface area contributed by atoms with Gasteiger partial charge in [0.25, 0.3) is 0 Å². The number of aryl methyl sites for hydroxylation is 1. The van der Waals surface area contributed by atoms with Crippen LogP contribution in [0.2, 0.25) is 5.02 Å². The van der Waals surface area contributed by atoms with E-state index < -0.39 is 0 Å². The predicted molar refractivity (Wildman–Crippen MR) is 89.7 cm³/mol. The van der Waals surface area contributed by atoms with Gasteiger partial charge in [-0.2, -0.15) is 0 Å². The van der Waals surface area contributed by atoms with E-state index in [2.05, 4.69) is 30.4 Å². The molecule has 2 nitrogen and oxygen atoms in total. The number of hydrogen-bond donors (Lipinski definition) is 2. The number of halogens is 1. The summed E-state index contributed by atoms with van der Waals surface area (Å²) in [5.74, 6) is 0. The Kier molecular flexibility index (Phi) is 4.18. The van der Waals surface area contributed by atoms with Crippen molar-refractivity contribution in [3.63, 3.8) is 0 Å². The van der Waals surface area contributed by atoms with Crippen molar-refractivity contribution in [2.24, 2.45) is 0 Å². The number of nitrogens with one attached hydrogen (secondary N) is 1. The smallest absolute Gasteiger partial charge is 0.0438 e. The topological polar surface area (TPSA) is 38.0 Å². The van der Waals surface area contributed by atoms with E-state index in [1.54, 1.807) is 0 Å². The van der Waals surface area contributed by atoms with Gasteiger partial charge in [0.2, 0.25) is 0 Å². The summed E-state index contributed by atoms with van der Waals surface area (Å²) in [5, 5.41) is 4.58. The largest absolute Gasteiger partial charge is 0.399 e. The van der Waals surface area contributed by atoms with E-state index in [-0.39, 0.29) is 0 Å². The van der Waals surface area contributed by atoms with E-state index in [1.807, 2.05) is 24.3 Å². The first-order chi connectivity index (χ1) is 10.1. The number of anilines is 1. The molecule has 0 saturated heterocycles. The quantitative estimate of drug-likeness (QED) is 0.833. The van der Waals surface area contributed by atoms with Crippen LogP contribution in [0.5, 0.6) is 0 Å². The van der Waals surface area contributed by atoms with E-state index >= 15 is 0 Å². The molecule has 3 N–H and O–H groups in total. The molecule has 0 saturated carbocycles. The first-order valence-corrected chi connectivity index (χ1v) is 7.89. The molecule has 0 bridgehead atoms. The minimum atomic E-state index is 0.387. The van der Waals surface area contributed by atoms with Crippen LogP contribution in [0.15, 0.2) is 42.5 Å². The van der Waals surface area contributed by atoms with Crippen molar-refractivity contribution >= 4 is 17.3 Å². The van der Waals surface area contributed by atoms with Crippen LogP contribution in [0.1, 0.15) is 36.1 Å². The maximum atomic E-state index is 6.24. The van der Waals surface area contributed by atoms with Crippen molar-refractivity contribution in [2.45, 2.75) is 38.3 Å². The van der Waals surface area contributed by atoms with E-state index in [1.165, 1.54) is 16.7 Å². The normalized spacial score (nSPS) is 18.5. The number of benzene rings is 2.